The van der Waals surface area contributed by atoms with Gasteiger partial charge in [0, 0.05) is 44.6 Å². The molecule has 2 heterocycles. The van der Waals surface area contributed by atoms with E-state index in [1.54, 1.807) is 32.7 Å². The molecule has 1 fully saturated rings. The van der Waals surface area contributed by atoms with Gasteiger partial charge in [-0.25, -0.2) is 14.8 Å². The number of morpholine rings is 1. The van der Waals surface area contributed by atoms with Crippen LogP contribution < -0.4 is 10.2 Å². The van der Waals surface area contributed by atoms with Crippen molar-refractivity contribution in [3.63, 3.8) is 0 Å². The second kappa shape index (κ2) is 10.4. The molecule has 1 N–H and O–H groups in total. The number of carbonyl (C=O) groups excluding carboxylic acids is 2. The molecule has 9 nitrogen and oxygen atoms in total. The van der Waals surface area contributed by atoms with Gasteiger partial charge in [0.05, 0.1) is 13.2 Å². The number of rotatable bonds is 6. The van der Waals surface area contributed by atoms with Crippen LogP contribution >= 0.6 is 0 Å². The predicted octanol–water partition coefficient (Wildman–Crippen LogP) is 2.46. The highest BCUT2D eigenvalue weighted by Gasteiger charge is 2.18. The van der Waals surface area contributed by atoms with Crippen LogP contribution in [-0.2, 0) is 20.8 Å². The van der Waals surface area contributed by atoms with Crippen LogP contribution in [0.25, 0.3) is 11.1 Å². The molecule has 0 aliphatic carbocycles. The van der Waals surface area contributed by atoms with Gasteiger partial charge in [-0.05, 0) is 38.0 Å². The van der Waals surface area contributed by atoms with Crippen molar-refractivity contribution in [2.45, 2.75) is 32.9 Å². The molecule has 1 aliphatic rings. The normalized spacial score (nSPS) is 14.1. The van der Waals surface area contributed by atoms with Gasteiger partial charge in [-0.3, -0.25) is 4.79 Å². The summed E-state index contributed by atoms with van der Waals surface area (Å²) in [5, 5.41) is 2.49. The molecule has 0 atom stereocenters. The molecule has 2 aromatic rings. The fraction of sp³-hybridized carbons (Fsp3) is 0.478. The highest BCUT2D eigenvalue weighted by Crippen LogP contribution is 2.21. The van der Waals surface area contributed by atoms with Gasteiger partial charge < -0.3 is 24.6 Å². The monoisotopic (exact) mass is 441 g/mol. The van der Waals surface area contributed by atoms with E-state index in [4.69, 9.17) is 9.47 Å². The fourth-order valence-corrected chi connectivity index (χ4v) is 3.21. The van der Waals surface area contributed by atoms with E-state index in [-0.39, 0.29) is 12.5 Å². The number of hydrogen-bond donors (Lipinski definition) is 1. The van der Waals surface area contributed by atoms with Gasteiger partial charge >= 0.3 is 6.09 Å². The van der Waals surface area contributed by atoms with Crippen molar-refractivity contribution in [3.05, 3.63) is 42.2 Å². The molecule has 0 unspecified atom stereocenters. The second-order valence-electron chi connectivity index (χ2n) is 8.68. The number of alkyl carbamates (subject to hydrolysis) is 1. The van der Waals surface area contributed by atoms with E-state index in [9.17, 15) is 9.59 Å². The Kier molecular flexibility index (Phi) is 7.63. The molecule has 0 saturated carbocycles. The summed E-state index contributed by atoms with van der Waals surface area (Å²) in [4.78, 5) is 36.8. The Bertz CT molecular complexity index is 921. The third-order valence-electron chi connectivity index (χ3n) is 4.82. The minimum atomic E-state index is -0.609. The van der Waals surface area contributed by atoms with Gasteiger partial charge in [-0.2, -0.15) is 0 Å². The Labute approximate surface area is 188 Å². The molecule has 1 aromatic carbocycles. The maximum atomic E-state index is 12.4. The van der Waals surface area contributed by atoms with E-state index in [0.717, 1.165) is 29.8 Å². The molecule has 3 rings (SSSR count). The first-order valence-electron chi connectivity index (χ1n) is 10.7. The van der Waals surface area contributed by atoms with Crippen LogP contribution in [0.3, 0.4) is 0 Å². The van der Waals surface area contributed by atoms with Gasteiger partial charge in [-0.15, -0.1) is 0 Å². The third kappa shape index (κ3) is 6.91. The number of hydrogen-bond acceptors (Lipinski definition) is 7. The lowest BCUT2D eigenvalue weighted by Crippen LogP contribution is -2.40. The van der Waals surface area contributed by atoms with E-state index in [0.29, 0.717) is 25.7 Å². The smallest absolute Gasteiger partial charge is 0.408 e. The zero-order chi connectivity index (χ0) is 23.1. The summed E-state index contributed by atoms with van der Waals surface area (Å²) in [6.45, 7) is 8.56. The van der Waals surface area contributed by atoms with Gasteiger partial charge in [0.1, 0.15) is 12.1 Å². The highest BCUT2D eigenvalue weighted by atomic mass is 16.6. The Balaban J connectivity index is 1.57. The number of aromatic nitrogens is 2. The number of nitrogens with one attached hydrogen (secondary N) is 1. The average Bonchev–Trinajstić information content (AvgIpc) is 2.77. The summed E-state index contributed by atoms with van der Waals surface area (Å²) in [6, 6.07) is 7.90. The summed E-state index contributed by atoms with van der Waals surface area (Å²) in [7, 11) is 1.70. The van der Waals surface area contributed by atoms with Crippen molar-refractivity contribution < 1.29 is 19.1 Å². The number of carbonyl (C=O) groups is 2. The van der Waals surface area contributed by atoms with Crippen molar-refractivity contribution in [1.82, 2.24) is 20.2 Å². The van der Waals surface area contributed by atoms with Gasteiger partial charge in [0.15, 0.2) is 0 Å². The molecule has 2 amide bonds. The van der Waals surface area contributed by atoms with Gasteiger partial charge in [0.25, 0.3) is 0 Å². The molecular weight excluding hydrogens is 410 g/mol. The molecule has 0 radical (unpaired) electrons. The van der Waals surface area contributed by atoms with E-state index in [1.807, 2.05) is 36.7 Å². The van der Waals surface area contributed by atoms with Gasteiger partial charge in [0.2, 0.25) is 11.9 Å². The molecule has 0 bridgehead atoms. The van der Waals surface area contributed by atoms with E-state index < -0.39 is 11.7 Å². The molecule has 1 aromatic heterocycles. The summed E-state index contributed by atoms with van der Waals surface area (Å²) in [5.74, 6) is 0.496. The Morgan fingerprint density at radius 2 is 1.84 bits per heavy atom. The quantitative estimate of drug-likeness (QED) is 0.735. The summed E-state index contributed by atoms with van der Waals surface area (Å²) >= 11 is 0. The number of benzene rings is 1. The molecule has 0 spiro atoms. The number of anilines is 1. The maximum absolute atomic E-state index is 12.4. The molecular formula is C23H31N5O4. The lowest BCUT2D eigenvalue weighted by molar-refractivity contribution is -0.129. The minimum Gasteiger partial charge on any atom is -0.444 e. The van der Waals surface area contributed by atoms with E-state index in [2.05, 4.69) is 20.2 Å². The van der Waals surface area contributed by atoms with E-state index in [1.165, 1.54) is 0 Å². The lowest BCUT2D eigenvalue weighted by atomic mass is 10.1. The number of likely N-dealkylation sites (N-methyl/N-ethyl adjacent to an activating group) is 1. The van der Waals surface area contributed by atoms with Crippen LogP contribution in [0, 0.1) is 0 Å². The predicted molar refractivity (Wildman–Crippen MR) is 121 cm³/mol. The molecule has 1 saturated heterocycles. The Morgan fingerprint density at radius 3 is 2.50 bits per heavy atom. The number of nitrogens with zero attached hydrogens (tertiary/aromatic N) is 4. The summed E-state index contributed by atoms with van der Waals surface area (Å²) in [6.07, 6.45) is 3.02. The third-order valence-corrected chi connectivity index (χ3v) is 4.82. The van der Waals surface area contributed by atoms with E-state index >= 15 is 0 Å². The minimum absolute atomic E-state index is 0.123. The van der Waals surface area contributed by atoms with Crippen LogP contribution in [0.1, 0.15) is 26.3 Å². The van der Waals surface area contributed by atoms with Crippen LogP contribution in [0.4, 0.5) is 10.7 Å². The maximum Gasteiger partial charge on any atom is 0.408 e. The first-order chi connectivity index (χ1) is 15.2. The van der Waals surface area contributed by atoms with Crippen LogP contribution in [0.15, 0.2) is 36.7 Å². The fourth-order valence-electron chi connectivity index (χ4n) is 3.21. The number of ether oxygens (including phenoxy) is 2. The van der Waals surface area contributed by atoms with Crippen molar-refractivity contribution >= 4 is 17.9 Å². The molecule has 32 heavy (non-hydrogen) atoms. The summed E-state index contributed by atoms with van der Waals surface area (Å²) in [5.41, 5.74) is 2.24. The van der Waals surface area contributed by atoms with Gasteiger partial charge in [-0.1, -0.05) is 18.2 Å². The van der Waals surface area contributed by atoms with Crippen molar-refractivity contribution in [3.8, 4) is 11.1 Å². The average molecular weight is 442 g/mol. The Hall–Kier alpha value is -3.20. The van der Waals surface area contributed by atoms with Crippen molar-refractivity contribution in [1.29, 1.82) is 0 Å². The first-order valence-corrected chi connectivity index (χ1v) is 10.7. The van der Waals surface area contributed by atoms with Crippen LogP contribution in [-0.4, -0.2) is 72.4 Å². The highest BCUT2D eigenvalue weighted by molar-refractivity contribution is 5.82. The zero-order valence-corrected chi connectivity index (χ0v) is 19.1. The summed E-state index contributed by atoms with van der Waals surface area (Å²) < 4.78 is 10.5. The second-order valence-corrected chi connectivity index (χ2v) is 8.68. The Morgan fingerprint density at radius 1 is 1.16 bits per heavy atom. The lowest BCUT2D eigenvalue weighted by Gasteiger charge is -2.26. The first kappa shape index (κ1) is 23.5. The molecule has 172 valence electrons. The van der Waals surface area contributed by atoms with Crippen molar-refractivity contribution in [2.24, 2.45) is 0 Å². The topological polar surface area (TPSA) is 96.9 Å². The van der Waals surface area contributed by atoms with Crippen molar-refractivity contribution in [2.75, 3.05) is 44.8 Å². The van der Waals surface area contributed by atoms with Crippen LogP contribution in [0.2, 0.25) is 0 Å². The number of amides is 2. The van der Waals surface area contributed by atoms with Crippen LogP contribution in [0.5, 0.6) is 0 Å². The SMILES string of the molecule is CN(Cc1cccc(-c2cnc(N3CCOCC3)nc2)c1)C(=O)CNC(=O)OC(C)(C)C. The largest absolute Gasteiger partial charge is 0.444 e. The molecule has 9 heteroatoms. The zero-order valence-electron chi connectivity index (χ0n) is 19.1. The molecule has 1 aliphatic heterocycles. The standard InChI is InChI=1S/C23H31N5O4/c1-23(2,3)32-22(30)26-15-20(29)27(4)16-17-6-5-7-18(12-17)19-13-24-21(25-14-19)28-8-10-31-11-9-28/h5-7,12-14H,8-11,15-16H2,1-4H3,(H,26,30).